The summed E-state index contributed by atoms with van der Waals surface area (Å²) in [5.41, 5.74) is 0.192. The van der Waals surface area contributed by atoms with Crippen LogP contribution in [0.5, 0.6) is 0 Å². The van der Waals surface area contributed by atoms with E-state index < -0.39 is 16.8 Å². The largest absolute Gasteiger partial charge is 0.481 e. The van der Waals surface area contributed by atoms with E-state index in [1.54, 1.807) is 14.0 Å². The van der Waals surface area contributed by atoms with E-state index in [0.29, 0.717) is 12.1 Å². The molecule has 0 amide bonds. The highest BCUT2D eigenvalue weighted by Gasteiger charge is 2.26. The number of nitrogens with zero attached hydrogens (tertiary/aromatic N) is 3. The van der Waals surface area contributed by atoms with Gasteiger partial charge in [0.2, 0.25) is 5.82 Å². The molecular formula is C12H20N4O4. The molecule has 2 N–H and O–H groups in total. The molecule has 0 saturated heterocycles. The summed E-state index contributed by atoms with van der Waals surface area (Å²) in [5.74, 6) is -1.03. The zero-order chi connectivity index (χ0) is 15.4. The zero-order valence-corrected chi connectivity index (χ0v) is 12.1. The number of nitrogens with one attached hydrogen (secondary N) is 1. The standard InChI is InChI=1S/C12H20N4O4/c1-7(2)5-9(12(17)18)6-13-11-10(16(19)20)8(3)14-15(11)4/h7,9,13H,5-6H2,1-4H3,(H,17,18). The summed E-state index contributed by atoms with van der Waals surface area (Å²) in [5, 5.41) is 27.0. The molecule has 1 atom stereocenters. The number of hydrogen-bond donors (Lipinski definition) is 2. The fraction of sp³-hybridized carbons (Fsp3) is 0.667. The van der Waals surface area contributed by atoms with E-state index in [-0.39, 0.29) is 24.0 Å². The third-order valence-corrected chi connectivity index (χ3v) is 2.99. The second-order valence-electron chi connectivity index (χ2n) is 5.21. The monoisotopic (exact) mass is 284 g/mol. The molecule has 1 unspecified atom stereocenters. The molecule has 1 aromatic rings. The Morgan fingerprint density at radius 3 is 2.60 bits per heavy atom. The van der Waals surface area contributed by atoms with Crippen LogP contribution in [0.15, 0.2) is 0 Å². The molecule has 1 rings (SSSR count). The van der Waals surface area contributed by atoms with Crippen LogP contribution in [-0.2, 0) is 11.8 Å². The number of anilines is 1. The fourth-order valence-electron chi connectivity index (χ4n) is 2.12. The van der Waals surface area contributed by atoms with Crippen molar-refractivity contribution in [2.45, 2.75) is 27.2 Å². The lowest BCUT2D eigenvalue weighted by Gasteiger charge is -2.15. The molecular weight excluding hydrogens is 264 g/mol. The van der Waals surface area contributed by atoms with E-state index in [1.807, 2.05) is 13.8 Å². The molecule has 20 heavy (non-hydrogen) atoms. The summed E-state index contributed by atoms with van der Waals surface area (Å²) in [7, 11) is 1.58. The maximum Gasteiger partial charge on any atom is 0.333 e. The summed E-state index contributed by atoms with van der Waals surface area (Å²) in [6, 6.07) is 0. The first-order valence-corrected chi connectivity index (χ1v) is 6.38. The molecule has 0 radical (unpaired) electrons. The second-order valence-corrected chi connectivity index (χ2v) is 5.21. The Labute approximate surface area is 116 Å². The van der Waals surface area contributed by atoms with Gasteiger partial charge in [-0.15, -0.1) is 0 Å². The van der Waals surface area contributed by atoms with Crippen molar-refractivity contribution >= 4 is 17.5 Å². The van der Waals surface area contributed by atoms with Crippen LogP contribution in [0.2, 0.25) is 0 Å². The molecule has 0 fully saturated rings. The summed E-state index contributed by atoms with van der Waals surface area (Å²) in [6.45, 7) is 5.55. The van der Waals surface area contributed by atoms with Gasteiger partial charge in [-0.3, -0.25) is 14.9 Å². The zero-order valence-electron chi connectivity index (χ0n) is 12.1. The topological polar surface area (TPSA) is 110 Å². The maximum absolute atomic E-state index is 11.2. The number of carbonyl (C=O) groups is 1. The van der Waals surface area contributed by atoms with Crippen molar-refractivity contribution in [3.05, 3.63) is 15.8 Å². The molecule has 1 heterocycles. The van der Waals surface area contributed by atoms with E-state index in [2.05, 4.69) is 10.4 Å². The van der Waals surface area contributed by atoms with Crippen molar-refractivity contribution in [2.24, 2.45) is 18.9 Å². The Bertz CT molecular complexity index is 510. The first-order valence-electron chi connectivity index (χ1n) is 6.38. The van der Waals surface area contributed by atoms with Gasteiger partial charge in [0.25, 0.3) is 0 Å². The molecule has 0 aliphatic rings. The second kappa shape index (κ2) is 6.36. The van der Waals surface area contributed by atoms with Gasteiger partial charge in [-0.05, 0) is 19.3 Å². The highest BCUT2D eigenvalue weighted by Crippen LogP contribution is 2.27. The van der Waals surface area contributed by atoms with Crippen LogP contribution < -0.4 is 5.32 Å². The highest BCUT2D eigenvalue weighted by atomic mass is 16.6. The fourth-order valence-corrected chi connectivity index (χ4v) is 2.12. The van der Waals surface area contributed by atoms with Gasteiger partial charge in [-0.1, -0.05) is 13.8 Å². The number of hydrogen-bond acceptors (Lipinski definition) is 5. The summed E-state index contributed by atoms with van der Waals surface area (Å²) in [6.07, 6.45) is 0.507. The van der Waals surface area contributed by atoms with Crippen molar-refractivity contribution in [1.82, 2.24) is 9.78 Å². The molecule has 0 bridgehead atoms. The van der Waals surface area contributed by atoms with Crippen LogP contribution in [0.3, 0.4) is 0 Å². The predicted molar refractivity (Wildman–Crippen MR) is 73.7 cm³/mol. The lowest BCUT2D eigenvalue weighted by molar-refractivity contribution is -0.384. The van der Waals surface area contributed by atoms with Crippen LogP contribution in [0.25, 0.3) is 0 Å². The minimum atomic E-state index is -0.909. The first kappa shape index (κ1) is 15.9. The minimum absolute atomic E-state index is 0.110. The quantitative estimate of drug-likeness (QED) is 0.583. The third kappa shape index (κ3) is 3.69. The van der Waals surface area contributed by atoms with Crippen molar-refractivity contribution in [1.29, 1.82) is 0 Å². The van der Waals surface area contributed by atoms with Gasteiger partial charge in [0.05, 0.1) is 10.8 Å². The summed E-state index contributed by atoms with van der Waals surface area (Å²) < 4.78 is 1.36. The van der Waals surface area contributed by atoms with Gasteiger partial charge >= 0.3 is 11.7 Å². The predicted octanol–water partition coefficient (Wildman–Crippen LogP) is 1.80. The lowest BCUT2D eigenvalue weighted by Crippen LogP contribution is -2.25. The number of aliphatic carboxylic acids is 1. The van der Waals surface area contributed by atoms with E-state index >= 15 is 0 Å². The van der Waals surface area contributed by atoms with Crippen LogP contribution in [0, 0.1) is 28.9 Å². The smallest absolute Gasteiger partial charge is 0.333 e. The number of carboxylic acids is 1. The van der Waals surface area contributed by atoms with Gasteiger partial charge in [-0.2, -0.15) is 5.10 Å². The van der Waals surface area contributed by atoms with E-state index in [1.165, 1.54) is 4.68 Å². The molecule has 0 aliphatic heterocycles. The Kier molecular flexibility index (Phi) is 5.06. The SMILES string of the molecule is Cc1nn(C)c(NCC(CC(C)C)C(=O)O)c1[N+](=O)[O-]. The van der Waals surface area contributed by atoms with Gasteiger partial charge in [0, 0.05) is 13.6 Å². The Hall–Kier alpha value is -2.12. The van der Waals surface area contributed by atoms with E-state index in [0.717, 1.165) is 0 Å². The molecule has 1 aromatic heterocycles. The van der Waals surface area contributed by atoms with Crippen LogP contribution in [-0.4, -0.2) is 32.3 Å². The number of aromatic nitrogens is 2. The van der Waals surface area contributed by atoms with Crippen LogP contribution in [0.4, 0.5) is 11.5 Å². The Morgan fingerprint density at radius 2 is 2.15 bits per heavy atom. The molecule has 8 heteroatoms. The molecule has 0 spiro atoms. The molecule has 8 nitrogen and oxygen atoms in total. The number of aryl methyl sites for hydroxylation is 2. The molecule has 0 aromatic carbocycles. The van der Waals surface area contributed by atoms with Crippen molar-refractivity contribution in [3.63, 3.8) is 0 Å². The van der Waals surface area contributed by atoms with Crippen LogP contribution in [0.1, 0.15) is 26.0 Å². The number of carboxylic acid groups (broad SMARTS) is 1. The van der Waals surface area contributed by atoms with Crippen molar-refractivity contribution < 1.29 is 14.8 Å². The Balaban J connectivity index is 2.88. The van der Waals surface area contributed by atoms with Gasteiger partial charge in [0.15, 0.2) is 0 Å². The average molecular weight is 284 g/mol. The molecule has 0 saturated carbocycles. The van der Waals surface area contributed by atoms with Gasteiger partial charge < -0.3 is 10.4 Å². The average Bonchev–Trinajstić information content (AvgIpc) is 2.58. The maximum atomic E-state index is 11.2. The summed E-state index contributed by atoms with van der Waals surface area (Å²) in [4.78, 5) is 21.7. The number of nitro groups is 1. The van der Waals surface area contributed by atoms with Crippen molar-refractivity contribution in [2.75, 3.05) is 11.9 Å². The normalized spacial score (nSPS) is 12.4. The lowest BCUT2D eigenvalue weighted by atomic mass is 9.97. The van der Waals surface area contributed by atoms with Gasteiger partial charge in [0.1, 0.15) is 5.69 Å². The third-order valence-electron chi connectivity index (χ3n) is 2.99. The van der Waals surface area contributed by atoms with Gasteiger partial charge in [-0.25, -0.2) is 4.68 Å². The minimum Gasteiger partial charge on any atom is -0.481 e. The van der Waals surface area contributed by atoms with Crippen LogP contribution >= 0.6 is 0 Å². The first-order chi connectivity index (χ1) is 9.23. The molecule has 112 valence electrons. The van der Waals surface area contributed by atoms with Crippen molar-refractivity contribution in [3.8, 4) is 0 Å². The molecule has 0 aliphatic carbocycles. The summed E-state index contributed by atoms with van der Waals surface area (Å²) >= 11 is 0. The number of rotatable bonds is 7. The van der Waals surface area contributed by atoms with E-state index in [4.69, 9.17) is 5.11 Å². The highest BCUT2D eigenvalue weighted by molar-refractivity contribution is 5.71. The van der Waals surface area contributed by atoms with E-state index in [9.17, 15) is 14.9 Å². The Morgan fingerprint density at radius 1 is 1.55 bits per heavy atom.